The number of carbonyl (C=O) groups excluding carboxylic acids is 1. The minimum absolute atomic E-state index is 0.0831. The van der Waals surface area contributed by atoms with E-state index >= 15 is 0 Å². The van der Waals surface area contributed by atoms with E-state index < -0.39 is 0 Å². The summed E-state index contributed by atoms with van der Waals surface area (Å²) in [6.07, 6.45) is 3.40. The zero-order valence-electron chi connectivity index (χ0n) is 8.19. The van der Waals surface area contributed by atoms with Gasteiger partial charge in [-0.25, -0.2) is 0 Å². The second kappa shape index (κ2) is 5.72. The van der Waals surface area contributed by atoms with Gasteiger partial charge in [-0.3, -0.25) is 9.78 Å². The summed E-state index contributed by atoms with van der Waals surface area (Å²) in [7, 11) is 0. The predicted molar refractivity (Wildman–Crippen MR) is 56.8 cm³/mol. The van der Waals surface area contributed by atoms with Gasteiger partial charge in [0.05, 0.1) is 18.1 Å². The van der Waals surface area contributed by atoms with Gasteiger partial charge in [0.25, 0.3) is 0 Å². The standard InChI is InChI=1S/C9H15N3OS/c1-2-3-8(10)9(13)12-5-7-4-11-6-14-7/h4,6,8H,2-3,5,10H2,1H3,(H,12,13). The number of hydrogen-bond donors (Lipinski definition) is 2. The van der Waals surface area contributed by atoms with Gasteiger partial charge in [0.1, 0.15) is 0 Å². The van der Waals surface area contributed by atoms with Crippen LogP contribution in [0.1, 0.15) is 24.6 Å². The first-order valence-corrected chi connectivity index (χ1v) is 5.52. The lowest BCUT2D eigenvalue weighted by Gasteiger charge is -2.09. The smallest absolute Gasteiger partial charge is 0.237 e. The Morgan fingerprint density at radius 3 is 3.14 bits per heavy atom. The third-order valence-corrected chi connectivity index (χ3v) is 2.64. The zero-order valence-corrected chi connectivity index (χ0v) is 9.01. The molecule has 1 aromatic rings. The molecule has 5 heteroatoms. The highest BCUT2D eigenvalue weighted by molar-refractivity contribution is 7.09. The molecule has 0 fully saturated rings. The van der Waals surface area contributed by atoms with Crippen molar-refractivity contribution in [2.45, 2.75) is 32.4 Å². The first-order valence-electron chi connectivity index (χ1n) is 4.64. The van der Waals surface area contributed by atoms with Crippen LogP contribution in [0.5, 0.6) is 0 Å². The number of hydrogen-bond acceptors (Lipinski definition) is 4. The van der Waals surface area contributed by atoms with Crippen molar-refractivity contribution in [2.24, 2.45) is 5.73 Å². The lowest BCUT2D eigenvalue weighted by atomic mass is 10.2. The molecule has 0 spiro atoms. The van der Waals surface area contributed by atoms with Gasteiger partial charge >= 0.3 is 0 Å². The molecule has 1 amide bonds. The summed E-state index contributed by atoms with van der Waals surface area (Å²) < 4.78 is 0. The normalized spacial score (nSPS) is 12.4. The largest absolute Gasteiger partial charge is 0.350 e. The molecule has 14 heavy (non-hydrogen) atoms. The van der Waals surface area contributed by atoms with Crippen molar-refractivity contribution in [1.82, 2.24) is 10.3 Å². The van der Waals surface area contributed by atoms with Gasteiger partial charge in [0.2, 0.25) is 5.91 Å². The Hall–Kier alpha value is -0.940. The number of aromatic nitrogens is 1. The summed E-state index contributed by atoms with van der Waals surface area (Å²) in [5, 5.41) is 2.78. The lowest BCUT2D eigenvalue weighted by Crippen LogP contribution is -2.39. The minimum atomic E-state index is -0.382. The first kappa shape index (κ1) is 11.1. The van der Waals surface area contributed by atoms with Gasteiger partial charge in [-0.05, 0) is 6.42 Å². The van der Waals surface area contributed by atoms with E-state index in [4.69, 9.17) is 5.73 Å². The Balaban J connectivity index is 2.27. The second-order valence-electron chi connectivity index (χ2n) is 3.08. The Labute approximate surface area is 87.5 Å². The fourth-order valence-corrected chi connectivity index (χ4v) is 1.61. The van der Waals surface area contributed by atoms with Crippen molar-refractivity contribution in [3.8, 4) is 0 Å². The molecule has 1 aromatic heterocycles. The Morgan fingerprint density at radius 1 is 1.79 bits per heavy atom. The van der Waals surface area contributed by atoms with Gasteiger partial charge in [-0.2, -0.15) is 0 Å². The predicted octanol–water partition coefficient (Wildman–Crippen LogP) is 0.887. The fraction of sp³-hybridized carbons (Fsp3) is 0.556. The topological polar surface area (TPSA) is 68.0 Å². The van der Waals surface area contributed by atoms with E-state index in [2.05, 4.69) is 10.3 Å². The Kier molecular flexibility index (Phi) is 4.55. The van der Waals surface area contributed by atoms with Gasteiger partial charge < -0.3 is 11.1 Å². The summed E-state index contributed by atoms with van der Waals surface area (Å²) >= 11 is 1.52. The van der Waals surface area contributed by atoms with E-state index in [-0.39, 0.29) is 11.9 Å². The van der Waals surface area contributed by atoms with Crippen LogP contribution in [0, 0.1) is 0 Å². The monoisotopic (exact) mass is 213 g/mol. The molecule has 4 nitrogen and oxygen atoms in total. The number of rotatable bonds is 5. The third-order valence-electron chi connectivity index (χ3n) is 1.86. The van der Waals surface area contributed by atoms with E-state index in [0.29, 0.717) is 6.54 Å². The molecule has 0 radical (unpaired) electrons. The molecule has 0 bridgehead atoms. The average Bonchev–Trinajstić information content (AvgIpc) is 2.67. The minimum Gasteiger partial charge on any atom is -0.350 e. The molecule has 1 unspecified atom stereocenters. The van der Waals surface area contributed by atoms with Gasteiger partial charge in [0, 0.05) is 11.1 Å². The molecule has 0 aliphatic rings. The van der Waals surface area contributed by atoms with Crippen LogP contribution in [-0.4, -0.2) is 16.9 Å². The first-order chi connectivity index (χ1) is 6.74. The zero-order chi connectivity index (χ0) is 10.4. The molecule has 0 saturated carbocycles. The maximum Gasteiger partial charge on any atom is 0.237 e. The highest BCUT2D eigenvalue weighted by Gasteiger charge is 2.11. The van der Waals surface area contributed by atoms with Crippen molar-refractivity contribution in [3.05, 3.63) is 16.6 Å². The quantitative estimate of drug-likeness (QED) is 0.763. The highest BCUT2D eigenvalue weighted by atomic mass is 32.1. The second-order valence-corrected chi connectivity index (χ2v) is 4.05. The molecule has 1 atom stereocenters. The number of carbonyl (C=O) groups is 1. The number of amides is 1. The lowest BCUT2D eigenvalue weighted by molar-refractivity contribution is -0.122. The van der Waals surface area contributed by atoms with E-state index in [1.807, 2.05) is 6.92 Å². The summed E-state index contributed by atoms with van der Waals surface area (Å²) in [6, 6.07) is -0.382. The summed E-state index contributed by atoms with van der Waals surface area (Å²) in [6.45, 7) is 2.54. The molecule has 1 heterocycles. The average molecular weight is 213 g/mol. The van der Waals surface area contributed by atoms with Gasteiger partial charge in [-0.15, -0.1) is 11.3 Å². The highest BCUT2D eigenvalue weighted by Crippen LogP contribution is 2.04. The van der Waals surface area contributed by atoms with E-state index in [9.17, 15) is 4.79 Å². The Morgan fingerprint density at radius 2 is 2.57 bits per heavy atom. The van der Waals surface area contributed by atoms with Crippen molar-refractivity contribution >= 4 is 17.2 Å². The summed E-state index contributed by atoms with van der Waals surface area (Å²) in [4.78, 5) is 16.3. The molecular formula is C9H15N3OS. The van der Waals surface area contributed by atoms with Crippen LogP contribution >= 0.6 is 11.3 Å². The number of nitrogens with one attached hydrogen (secondary N) is 1. The van der Waals surface area contributed by atoms with E-state index in [1.165, 1.54) is 11.3 Å². The van der Waals surface area contributed by atoms with Gasteiger partial charge in [-0.1, -0.05) is 13.3 Å². The maximum absolute atomic E-state index is 11.4. The molecule has 78 valence electrons. The van der Waals surface area contributed by atoms with Crippen molar-refractivity contribution < 1.29 is 4.79 Å². The van der Waals surface area contributed by atoms with Crippen LogP contribution in [0.2, 0.25) is 0 Å². The molecular weight excluding hydrogens is 198 g/mol. The summed E-state index contributed by atoms with van der Waals surface area (Å²) in [5.74, 6) is -0.0831. The van der Waals surface area contributed by atoms with E-state index in [0.717, 1.165) is 17.7 Å². The fourth-order valence-electron chi connectivity index (χ4n) is 1.08. The third kappa shape index (κ3) is 3.43. The molecule has 3 N–H and O–H groups in total. The van der Waals surface area contributed by atoms with Crippen molar-refractivity contribution in [1.29, 1.82) is 0 Å². The van der Waals surface area contributed by atoms with Crippen LogP contribution in [0.4, 0.5) is 0 Å². The number of nitrogens with two attached hydrogens (primary N) is 1. The number of thiazole rings is 1. The Bertz CT molecular complexity index is 274. The summed E-state index contributed by atoms with van der Waals surface area (Å²) in [5.41, 5.74) is 7.39. The van der Waals surface area contributed by atoms with Crippen molar-refractivity contribution in [2.75, 3.05) is 0 Å². The van der Waals surface area contributed by atoms with Crippen molar-refractivity contribution in [3.63, 3.8) is 0 Å². The van der Waals surface area contributed by atoms with Crippen LogP contribution in [0.25, 0.3) is 0 Å². The molecule has 1 rings (SSSR count). The van der Waals surface area contributed by atoms with Crippen LogP contribution < -0.4 is 11.1 Å². The maximum atomic E-state index is 11.4. The molecule has 0 aliphatic heterocycles. The van der Waals surface area contributed by atoms with Crippen LogP contribution in [0.3, 0.4) is 0 Å². The van der Waals surface area contributed by atoms with Gasteiger partial charge in [0.15, 0.2) is 0 Å². The molecule has 0 saturated heterocycles. The van der Waals surface area contributed by atoms with Crippen LogP contribution in [-0.2, 0) is 11.3 Å². The SMILES string of the molecule is CCCC(N)C(=O)NCc1cncs1. The van der Waals surface area contributed by atoms with E-state index in [1.54, 1.807) is 11.7 Å². The molecule has 0 aromatic carbocycles. The number of nitrogens with zero attached hydrogens (tertiary/aromatic N) is 1. The van der Waals surface area contributed by atoms with Crippen LogP contribution in [0.15, 0.2) is 11.7 Å². The molecule has 0 aliphatic carbocycles.